The number of nitrogens with zero attached hydrogens (tertiary/aromatic N) is 2. The molecule has 0 spiro atoms. The van der Waals surface area contributed by atoms with Crippen molar-refractivity contribution in [2.45, 2.75) is 51.9 Å². The molecule has 0 unspecified atom stereocenters. The topological polar surface area (TPSA) is 51.4 Å². The van der Waals surface area contributed by atoms with Gasteiger partial charge in [-0.15, -0.1) is 0 Å². The second-order valence-corrected chi connectivity index (χ2v) is 6.71. The largest absolute Gasteiger partial charge is 0.366 e. The van der Waals surface area contributed by atoms with Crippen molar-refractivity contribution in [3.63, 3.8) is 0 Å². The molecular weight excluding hydrogens is 238 g/mol. The molecule has 4 heteroatoms. The highest BCUT2D eigenvalue weighted by molar-refractivity contribution is 5.43. The summed E-state index contributed by atoms with van der Waals surface area (Å²) >= 11 is 0. The summed E-state index contributed by atoms with van der Waals surface area (Å²) in [6.45, 7) is 12.2. The van der Waals surface area contributed by atoms with Crippen molar-refractivity contribution < 1.29 is 4.74 Å². The number of nitrogens with two attached hydrogens (primary N) is 1. The summed E-state index contributed by atoms with van der Waals surface area (Å²) in [6.07, 6.45) is 1.84. The fourth-order valence-corrected chi connectivity index (χ4v) is 2.84. The molecular formula is C15H25N3O. The van der Waals surface area contributed by atoms with Gasteiger partial charge in [0.25, 0.3) is 0 Å². The predicted molar refractivity (Wildman–Crippen MR) is 78.3 cm³/mol. The van der Waals surface area contributed by atoms with Crippen LogP contribution in [-0.4, -0.2) is 29.3 Å². The fourth-order valence-electron chi connectivity index (χ4n) is 2.84. The molecule has 0 bridgehead atoms. The first-order valence-corrected chi connectivity index (χ1v) is 6.85. The fraction of sp³-hybridized carbons (Fsp3) is 0.667. The molecule has 2 heterocycles. The highest BCUT2D eigenvalue weighted by Gasteiger charge is 2.38. The monoisotopic (exact) mass is 263 g/mol. The summed E-state index contributed by atoms with van der Waals surface area (Å²) < 4.78 is 6.10. The van der Waals surface area contributed by atoms with Crippen LogP contribution in [0.25, 0.3) is 0 Å². The van der Waals surface area contributed by atoms with Crippen LogP contribution in [0, 0.1) is 0 Å². The van der Waals surface area contributed by atoms with Crippen LogP contribution in [0.3, 0.4) is 0 Å². The smallest absolute Gasteiger partial charge is 0.128 e. The number of anilines is 1. The number of morpholine rings is 1. The van der Waals surface area contributed by atoms with Crippen molar-refractivity contribution in [1.29, 1.82) is 0 Å². The minimum atomic E-state index is -0.173. The Bertz CT molecular complexity index is 438. The van der Waals surface area contributed by atoms with Gasteiger partial charge in [0.05, 0.1) is 11.2 Å². The summed E-state index contributed by atoms with van der Waals surface area (Å²) in [5, 5.41) is 0. The van der Waals surface area contributed by atoms with E-state index in [1.807, 2.05) is 19.2 Å². The minimum absolute atomic E-state index is 0.0313. The van der Waals surface area contributed by atoms with E-state index in [9.17, 15) is 0 Å². The van der Waals surface area contributed by atoms with Crippen LogP contribution in [-0.2, 0) is 4.74 Å². The lowest BCUT2D eigenvalue weighted by molar-refractivity contribution is -0.133. The molecule has 1 aliphatic rings. The molecule has 0 radical (unpaired) electrons. The molecule has 2 N–H and O–H groups in total. The molecule has 106 valence electrons. The molecule has 0 saturated carbocycles. The van der Waals surface area contributed by atoms with E-state index in [4.69, 9.17) is 10.5 Å². The van der Waals surface area contributed by atoms with E-state index in [0.717, 1.165) is 24.5 Å². The van der Waals surface area contributed by atoms with Gasteiger partial charge in [0.15, 0.2) is 0 Å². The van der Waals surface area contributed by atoms with Crippen LogP contribution in [0.4, 0.5) is 5.82 Å². The third-order valence-corrected chi connectivity index (χ3v) is 3.32. The van der Waals surface area contributed by atoms with Crippen LogP contribution >= 0.6 is 0 Å². The van der Waals surface area contributed by atoms with E-state index in [0.29, 0.717) is 0 Å². The first kappa shape index (κ1) is 14.3. The third-order valence-electron chi connectivity index (χ3n) is 3.32. The molecule has 0 amide bonds. The lowest BCUT2D eigenvalue weighted by Crippen LogP contribution is -2.57. The molecule has 1 atom stereocenters. The predicted octanol–water partition coefficient (Wildman–Crippen LogP) is 2.50. The van der Waals surface area contributed by atoms with Crippen molar-refractivity contribution in [2.24, 2.45) is 5.73 Å². The Balaban J connectivity index is 2.28. The Hall–Kier alpha value is -1.13. The highest BCUT2D eigenvalue weighted by atomic mass is 16.5. The normalized spacial score (nSPS) is 23.2. The van der Waals surface area contributed by atoms with Crippen molar-refractivity contribution in [3.05, 3.63) is 23.9 Å². The van der Waals surface area contributed by atoms with E-state index in [2.05, 4.69) is 43.6 Å². The average Bonchev–Trinajstić information content (AvgIpc) is 2.25. The van der Waals surface area contributed by atoms with Crippen molar-refractivity contribution >= 4 is 5.82 Å². The second kappa shape index (κ2) is 4.76. The van der Waals surface area contributed by atoms with Gasteiger partial charge >= 0.3 is 0 Å². The van der Waals surface area contributed by atoms with Gasteiger partial charge in [0.1, 0.15) is 5.82 Å². The Kier molecular flexibility index (Phi) is 3.58. The molecule has 19 heavy (non-hydrogen) atoms. The Morgan fingerprint density at radius 1 is 1.26 bits per heavy atom. The zero-order valence-electron chi connectivity index (χ0n) is 12.6. The standard InChI is InChI=1S/C15H25N3O/c1-11(16)12-6-7-17-13(8-12)18-9-14(2,3)19-15(4,5)10-18/h6-8,11H,9-10,16H2,1-5H3/t11-/m1/s1. The van der Waals surface area contributed by atoms with E-state index in [1.54, 1.807) is 0 Å². The Morgan fingerprint density at radius 3 is 2.37 bits per heavy atom. The highest BCUT2D eigenvalue weighted by Crippen LogP contribution is 2.31. The Labute approximate surface area is 116 Å². The van der Waals surface area contributed by atoms with Gasteiger partial charge in [-0.25, -0.2) is 4.98 Å². The molecule has 0 aliphatic carbocycles. The molecule has 1 saturated heterocycles. The Morgan fingerprint density at radius 2 is 1.84 bits per heavy atom. The first-order valence-electron chi connectivity index (χ1n) is 6.85. The zero-order valence-corrected chi connectivity index (χ0v) is 12.6. The van der Waals surface area contributed by atoms with Gasteiger partial charge in [0.2, 0.25) is 0 Å². The molecule has 1 aromatic rings. The summed E-state index contributed by atoms with van der Waals surface area (Å²) in [7, 11) is 0. The summed E-state index contributed by atoms with van der Waals surface area (Å²) in [5.41, 5.74) is 6.72. The quantitative estimate of drug-likeness (QED) is 0.890. The zero-order chi connectivity index (χ0) is 14.3. The molecule has 1 aliphatic heterocycles. The maximum absolute atomic E-state index is 6.10. The lowest BCUT2D eigenvalue weighted by Gasteiger charge is -2.47. The second-order valence-electron chi connectivity index (χ2n) is 6.71. The maximum atomic E-state index is 6.10. The van der Waals surface area contributed by atoms with Gasteiger partial charge in [0, 0.05) is 25.3 Å². The van der Waals surface area contributed by atoms with Gasteiger partial charge < -0.3 is 15.4 Å². The SMILES string of the molecule is C[C@@H](N)c1ccnc(N2CC(C)(C)OC(C)(C)C2)c1. The van der Waals surface area contributed by atoms with Crippen molar-refractivity contribution in [1.82, 2.24) is 4.98 Å². The third kappa shape index (κ3) is 3.45. The minimum Gasteiger partial charge on any atom is -0.366 e. The summed E-state index contributed by atoms with van der Waals surface area (Å²) in [6, 6.07) is 4.09. The molecule has 4 nitrogen and oxygen atoms in total. The number of rotatable bonds is 2. The van der Waals surface area contributed by atoms with Crippen molar-refractivity contribution in [3.8, 4) is 0 Å². The van der Waals surface area contributed by atoms with E-state index >= 15 is 0 Å². The number of hydrogen-bond acceptors (Lipinski definition) is 4. The van der Waals surface area contributed by atoms with Crippen LogP contribution in [0.5, 0.6) is 0 Å². The first-order chi connectivity index (χ1) is 8.69. The summed E-state index contributed by atoms with van der Waals surface area (Å²) in [4.78, 5) is 6.78. The van der Waals surface area contributed by atoms with E-state index < -0.39 is 0 Å². The number of aromatic nitrogens is 1. The van der Waals surface area contributed by atoms with Crippen molar-refractivity contribution in [2.75, 3.05) is 18.0 Å². The number of pyridine rings is 1. The number of ether oxygens (including phenoxy) is 1. The van der Waals surface area contributed by atoms with Crippen LogP contribution in [0.2, 0.25) is 0 Å². The molecule has 0 aromatic carbocycles. The molecule has 1 fully saturated rings. The van der Waals surface area contributed by atoms with Crippen LogP contribution in [0.1, 0.15) is 46.2 Å². The molecule has 2 rings (SSSR count). The van der Waals surface area contributed by atoms with Gasteiger partial charge in [-0.2, -0.15) is 0 Å². The van der Waals surface area contributed by atoms with E-state index in [1.165, 1.54) is 0 Å². The lowest BCUT2D eigenvalue weighted by atomic mass is 9.98. The van der Waals surface area contributed by atoms with Crippen LogP contribution in [0.15, 0.2) is 18.3 Å². The van der Waals surface area contributed by atoms with Gasteiger partial charge in [-0.05, 0) is 52.3 Å². The van der Waals surface area contributed by atoms with Gasteiger partial charge in [-0.3, -0.25) is 0 Å². The maximum Gasteiger partial charge on any atom is 0.128 e. The number of hydrogen-bond donors (Lipinski definition) is 1. The average molecular weight is 263 g/mol. The van der Waals surface area contributed by atoms with Gasteiger partial charge in [-0.1, -0.05) is 0 Å². The van der Waals surface area contributed by atoms with E-state index in [-0.39, 0.29) is 17.2 Å². The van der Waals surface area contributed by atoms with Crippen LogP contribution < -0.4 is 10.6 Å². The molecule has 1 aromatic heterocycles. The summed E-state index contributed by atoms with van der Waals surface area (Å²) in [5.74, 6) is 0.985.